The van der Waals surface area contributed by atoms with Gasteiger partial charge >= 0.3 is 23.1 Å². The molecule has 0 unspecified atom stereocenters. The first-order valence-electron chi connectivity index (χ1n) is 2.10. The molecule has 48 valence electrons. The van der Waals surface area contributed by atoms with E-state index >= 15 is 0 Å². The number of hydrogen-bond acceptors (Lipinski definition) is 0. The van der Waals surface area contributed by atoms with E-state index in [-0.39, 0.29) is 35.5 Å². The molecule has 0 aromatic heterocycles. The molecular formula is C5H13ClMgN-. The first-order chi connectivity index (χ1) is 2.83. The number of halogens is 1. The first-order valence-corrected chi connectivity index (χ1v) is 2.10. The summed E-state index contributed by atoms with van der Waals surface area (Å²) in [6.07, 6.45) is 1.00. The SMILES string of the molecule is C[N-]C.[CH2-]CC.[Cl-].[Mg+2]. The van der Waals surface area contributed by atoms with E-state index in [0.29, 0.717) is 0 Å². The van der Waals surface area contributed by atoms with Crippen molar-refractivity contribution in [1.82, 2.24) is 0 Å². The second-order valence-corrected chi connectivity index (χ2v) is 0.947. The molecule has 3 heteroatoms. The minimum absolute atomic E-state index is 0. The summed E-state index contributed by atoms with van der Waals surface area (Å²) in [6, 6.07) is 0. The van der Waals surface area contributed by atoms with Crippen molar-refractivity contribution >= 4 is 23.1 Å². The van der Waals surface area contributed by atoms with Gasteiger partial charge in [0.2, 0.25) is 0 Å². The fourth-order valence-electron chi connectivity index (χ4n) is 0. The predicted octanol–water partition coefficient (Wildman–Crippen LogP) is -1.53. The van der Waals surface area contributed by atoms with Gasteiger partial charge in [-0.2, -0.15) is 20.5 Å². The zero-order chi connectivity index (χ0) is 5.41. The van der Waals surface area contributed by atoms with Crippen LogP contribution in [0.4, 0.5) is 0 Å². The summed E-state index contributed by atoms with van der Waals surface area (Å²) in [5.74, 6) is 0. The Kier molecular flexibility index (Phi) is 125. The van der Waals surface area contributed by atoms with Crippen LogP contribution in [-0.2, 0) is 0 Å². The smallest absolute Gasteiger partial charge is 1.00 e. The average Bonchev–Trinajstić information content (AvgIpc) is 1.39. The summed E-state index contributed by atoms with van der Waals surface area (Å²) < 4.78 is 0. The first kappa shape index (κ1) is 23.0. The molecule has 0 atom stereocenters. The molecule has 0 fully saturated rings. The van der Waals surface area contributed by atoms with Crippen molar-refractivity contribution in [2.45, 2.75) is 13.3 Å². The summed E-state index contributed by atoms with van der Waals surface area (Å²) in [7, 11) is 3.50. The Balaban J connectivity index is -0.0000000160. The largest absolute Gasteiger partial charge is 2.00 e. The Hall–Kier alpha value is 1.02. The van der Waals surface area contributed by atoms with E-state index in [9.17, 15) is 0 Å². The van der Waals surface area contributed by atoms with Gasteiger partial charge in [0.05, 0.1) is 0 Å². The number of hydrogen-bond donors (Lipinski definition) is 0. The molecule has 0 aromatic carbocycles. The van der Waals surface area contributed by atoms with Crippen LogP contribution in [0.1, 0.15) is 13.3 Å². The third-order valence-electron chi connectivity index (χ3n) is 0. The summed E-state index contributed by atoms with van der Waals surface area (Å²) in [5, 5.41) is 3.50. The van der Waals surface area contributed by atoms with Gasteiger partial charge in [-0.3, -0.25) is 0 Å². The quantitative estimate of drug-likeness (QED) is 0.291. The standard InChI is InChI=1S/C3H7.C2H6N.ClH.Mg/c2*1-3-2;;/h1,3H2,2H3;1-2H3;1H;/q2*-1;;+2/p-1. The zero-order valence-corrected chi connectivity index (χ0v) is 8.12. The molecule has 0 radical (unpaired) electrons. The van der Waals surface area contributed by atoms with Crippen molar-refractivity contribution in [2.24, 2.45) is 0 Å². The maximum absolute atomic E-state index is 3.50. The molecule has 0 aliphatic carbocycles. The van der Waals surface area contributed by atoms with E-state index in [0.717, 1.165) is 6.42 Å². The van der Waals surface area contributed by atoms with Crippen LogP contribution < -0.4 is 12.4 Å². The van der Waals surface area contributed by atoms with Crippen molar-refractivity contribution in [3.05, 3.63) is 12.2 Å². The van der Waals surface area contributed by atoms with Gasteiger partial charge in [-0.1, -0.05) is 6.92 Å². The van der Waals surface area contributed by atoms with Crippen LogP contribution in [0.5, 0.6) is 0 Å². The van der Waals surface area contributed by atoms with E-state index in [1.54, 1.807) is 14.1 Å². The maximum Gasteiger partial charge on any atom is 2.00 e. The molecule has 0 rings (SSSR count). The van der Waals surface area contributed by atoms with Crippen LogP contribution in [0.2, 0.25) is 0 Å². The Morgan fingerprint density at radius 1 is 1.38 bits per heavy atom. The van der Waals surface area contributed by atoms with Crippen molar-refractivity contribution in [2.75, 3.05) is 14.1 Å². The maximum atomic E-state index is 3.50. The fraction of sp³-hybridized carbons (Fsp3) is 0.800. The summed E-state index contributed by atoms with van der Waals surface area (Å²) in [5.41, 5.74) is 0. The van der Waals surface area contributed by atoms with Crippen molar-refractivity contribution in [3.63, 3.8) is 0 Å². The second-order valence-electron chi connectivity index (χ2n) is 0.947. The number of rotatable bonds is 0. The molecule has 0 spiro atoms. The summed E-state index contributed by atoms with van der Waals surface area (Å²) in [6.45, 7) is 5.50. The van der Waals surface area contributed by atoms with Gasteiger partial charge < -0.3 is 24.6 Å². The van der Waals surface area contributed by atoms with Gasteiger partial charge in [0, 0.05) is 0 Å². The average molecular weight is 147 g/mol. The van der Waals surface area contributed by atoms with Crippen molar-refractivity contribution < 1.29 is 12.4 Å². The molecule has 0 amide bonds. The van der Waals surface area contributed by atoms with E-state index in [1.165, 1.54) is 0 Å². The fourth-order valence-corrected chi connectivity index (χ4v) is 0. The molecule has 0 aromatic rings. The van der Waals surface area contributed by atoms with Gasteiger partial charge in [0.15, 0.2) is 0 Å². The third-order valence-corrected chi connectivity index (χ3v) is 0. The summed E-state index contributed by atoms with van der Waals surface area (Å²) in [4.78, 5) is 0. The topological polar surface area (TPSA) is 14.1 Å². The molecule has 0 saturated heterocycles. The second kappa shape index (κ2) is 43.4. The minimum Gasteiger partial charge on any atom is -1.00 e. The molecular weight excluding hydrogens is 134 g/mol. The Morgan fingerprint density at radius 2 is 1.38 bits per heavy atom. The molecule has 8 heavy (non-hydrogen) atoms. The molecule has 0 aliphatic rings. The number of nitrogens with zero attached hydrogens (tertiary/aromatic N) is 1. The molecule has 1 nitrogen and oxygen atoms in total. The van der Waals surface area contributed by atoms with E-state index in [2.05, 4.69) is 12.2 Å². The van der Waals surface area contributed by atoms with E-state index in [4.69, 9.17) is 0 Å². The molecule has 0 heterocycles. The predicted molar refractivity (Wildman–Crippen MR) is 36.6 cm³/mol. The Bertz CT molecular complexity index is 14.4. The van der Waals surface area contributed by atoms with Gasteiger partial charge in [0.25, 0.3) is 0 Å². The molecule has 0 saturated carbocycles. The van der Waals surface area contributed by atoms with Crippen LogP contribution in [-0.4, -0.2) is 37.1 Å². The molecule has 0 bridgehead atoms. The zero-order valence-electron chi connectivity index (χ0n) is 5.95. The monoisotopic (exact) mass is 146 g/mol. The van der Waals surface area contributed by atoms with Gasteiger partial charge in [-0.25, -0.2) is 0 Å². The van der Waals surface area contributed by atoms with Crippen molar-refractivity contribution in [1.29, 1.82) is 0 Å². The normalized spacial score (nSPS) is 4.50. The van der Waals surface area contributed by atoms with E-state index in [1.807, 2.05) is 6.92 Å². The van der Waals surface area contributed by atoms with Crippen LogP contribution in [0, 0.1) is 6.92 Å². The van der Waals surface area contributed by atoms with Gasteiger partial charge in [-0.15, -0.1) is 0 Å². The van der Waals surface area contributed by atoms with Crippen LogP contribution in [0.3, 0.4) is 0 Å². The van der Waals surface area contributed by atoms with Crippen LogP contribution in [0.15, 0.2) is 0 Å². The van der Waals surface area contributed by atoms with Crippen LogP contribution >= 0.6 is 0 Å². The van der Waals surface area contributed by atoms with E-state index < -0.39 is 0 Å². The Morgan fingerprint density at radius 3 is 1.38 bits per heavy atom. The minimum atomic E-state index is 0. The Labute approximate surface area is 75.2 Å². The van der Waals surface area contributed by atoms with Gasteiger partial charge in [-0.05, 0) is 0 Å². The molecule has 0 aliphatic heterocycles. The summed E-state index contributed by atoms with van der Waals surface area (Å²) >= 11 is 0. The molecule has 0 N–H and O–H groups in total. The van der Waals surface area contributed by atoms with Crippen LogP contribution in [0.25, 0.3) is 5.32 Å². The third kappa shape index (κ3) is 246. The van der Waals surface area contributed by atoms with Gasteiger partial charge in [0.1, 0.15) is 0 Å². The van der Waals surface area contributed by atoms with Crippen molar-refractivity contribution in [3.8, 4) is 0 Å².